The zero-order chi connectivity index (χ0) is 10.9. The van der Waals surface area contributed by atoms with Crippen LogP contribution in [0.1, 0.15) is 0 Å². The number of hydrogen-bond acceptors (Lipinski definition) is 3. The number of nitrogens with two attached hydrogens (primary N) is 2. The molecule has 0 aromatic heterocycles. The second kappa shape index (κ2) is 3.17. The summed E-state index contributed by atoms with van der Waals surface area (Å²) in [7, 11) is 0. The Morgan fingerprint density at radius 3 is 1.31 bits per heavy atom. The first kappa shape index (κ1) is 11.6. The van der Waals surface area contributed by atoms with E-state index < -0.39 is 24.0 Å². The summed E-state index contributed by atoms with van der Waals surface area (Å²) in [6.45, 7) is 0. The molecule has 5 nitrogen and oxygen atoms in total. The zero-order valence-electron chi connectivity index (χ0n) is 5.89. The molecular weight excluding hydrogens is 200 g/mol. The van der Waals surface area contributed by atoms with Crippen LogP contribution in [0.5, 0.6) is 0 Å². The van der Waals surface area contributed by atoms with Crippen molar-refractivity contribution >= 4 is 11.8 Å². The Labute approximate surface area is 68.6 Å². The lowest BCUT2D eigenvalue weighted by Gasteiger charge is -2.18. The van der Waals surface area contributed by atoms with Crippen LogP contribution in [0.25, 0.3) is 0 Å². The van der Waals surface area contributed by atoms with Crippen LogP contribution in [-0.2, 0) is 14.3 Å². The van der Waals surface area contributed by atoms with Crippen LogP contribution in [0.2, 0.25) is 0 Å². The van der Waals surface area contributed by atoms with E-state index in [-0.39, 0.29) is 0 Å². The Balaban J connectivity index is 4.61. The van der Waals surface area contributed by atoms with Crippen molar-refractivity contribution in [2.45, 2.75) is 12.2 Å². The van der Waals surface area contributed by atoms with Crippen LogP contribution in [0.4, 0.5) is 17.6 Å². The normalized spacial score (nSPS) is 12.6. The number of carbonyl (C=O) groups excluding carboxylic acids is 2. The standard InChI is InChI=1S/C4H4F4N2O3/c5-3(6,1(9)11)13-4(7,8)2(10)12/h(H2,9,11)(H2,10,12). The molecule has 76 valence electrons. The Morgan fingerprint density at radius 1 is 0.923 bits per heavy atom. The van der Waals surface area contributed by atoms with Crippen LogP contribution in [0.15, 0.2) is 0 Å². The van der Waals surface area contributed by atoms with Gasteiger partial charge in [0, 0.05) is 0 Å². The lowest BCUT2D eigenvalue weighted by Crippen LogP contribution is -2.48. The third kappa shape index (κ3) is 2.86. The van der Waals surface area contributed by atoms with Crippen molar-refractivity contribution in [2.24, 2.45) is 11.5 Å². The van der Waals surface area contributed by atoms with E-state index in [0.717, 1.165) is 0 Å². The Hall–Kier alpha value is -1.38. The number of amides is 2. The summed E-state index contributed by atoms with van der Waals surface area (Å²) in [5.74, 6) is -4.90. The number of rotatable bonds is 4. The summed E-state index contributed by atoms with van der Waals surface area (Å²) in [5, 5.41) is 0. The first-order valence-electron chi connectivity index (χ1n) is 2.65. The molecule has 0 aromatic rings. The van der Waals surface area contributed by atoms with Gasteiger partial charge in [-0.3, -0.25) is 9.59 Å². The molecule has 9 heteroatoms. The van der Waals surface area contributed by atoms with Crippen molar-refractivity contribution in [1.82, 2.24) is 0 Å². The van der Waals surface area contributed by atoms with Crippen LogP contribution in [0.3, 0.4) is 0 Å². The maximum Gasteiger partial charge on any atom is 0.441 e. The molecule has 0 saturated carbocycles. The summed E-state index contributed by atoms with van der Waals surface area (Å²) < 4.78 is 50.6. The molecule has 0 radical (unpaired) electrons. The number of halogens is 4. The van der Waals surface area contributed by atoms with Gasteiger partial charge in [0.05, 0.1) is 0 Å². The Bertz CT molecular complexity index is 218. The van der Waals surface area contributed by atoms with Gasteiger partial charge >= 0.3 is 24.0 Å². The van der Waals surface area contributed by atoms with Crippen molar-refractivity contribution < 1.29 is 31.9 Å². The van der Waals surface area contributed by atoms with E-state index in [2.05, 4.69) is 16.2 Å². The minimum absolute atomic E-state index is 2.45. The van der Waals surface area contributed by atoms with Crippen molar-refractivity contribution in [3.63, 3.8) is 0 Å². The fourth-order valence-electron chi connectivity index (χ4n) is 0.262. The molecule has 0 saturated heterocycles. The maximum atomic E-state index is 12.0. The predicted octanol–water partition coefficient (Wildman–Crippen LogP) is -0.841. The fourth-order valence-corrected chi connectivity index (χ4v) is 0.262. The van der Waals surface area contributed by atoms with Crippen molar-refractivity contribution in [3.05, 3.63) is 0 Å². The number of carbonyl (C=O) groups is 2. The Kier molecular flexibility index (Phi) is 2.83. The first-order chi connectivity index (χ1) is 5.59. The van der Waals surface area contributed by atoms with E-state index in [0.29, 0.717) is 0 Å². The SMILES string of the molecule is NC(=O)C(F)(F)OC(F)(F)C(N)=O. The van der Waals surface area contributed by atoms with Gasteiger partial charge in [-0.25, -0.2) is 4.74 Å². The summed E-state index contributed by atoms with van der Waals surface area (Å²) >= 11 is 0. The number of hydrogen-bond donors (Lipinski definition) is 2. The quantitative estimate of drug-likeness (QED) is 0.584. The van der Waals surface area contributed by atoms with Crippen molar-refractivity contribution in [1.29, 1.82) is 0 Å². The molecule has 0 rings (SSSR count). The minimum atomic E-state index is -4.95. The number of alkyl halides is 4. The molecule has 0 aromatic carbocycles. The van der Waals surface area contributed by atoms with Gasteiger partial charge in [-0.1, -0.05) is 0 Å². The van der Waals surface area contributed by atoms with Crippen LogP contribution in [0, 0.1) is 0 Å². The summed E-state index contributed by atoms with van der Waals surface area (Å²) in [4.78, 5) is 19.6. The summed E-state index contributed by atoms with van der Waals surface area (Å²) in [6, 6.07) is 0. The summed E-state index contributed by atoms with van der Waals surface area (Å²) in [5.41, 5.74) is 7.96. The highest BCUT2D eigenvalue weighted by molar-refractivity contribution is 5.82. The Morgan fingerprint density at radius 2 is 1.15 bits per heavy atom. The minimum Gasteiger partial charge on any atom is -0.362 e. The maximum absolute atomic E-state index is 12.0. The molecule has 13 heavy (non-hydrogen) atoms. The molecule has 4 N–H and O–H groups in total. The average molecular weight is 204 g/mol. The molecule has 0 aliphatic heterocycles. The fraction of sp³-hybridized carbons (Fsp3) is 0.500. The topological polar surface area (TPSA) is 95.4 Å². The van der Waals surface area contributed by atoms with E-state index in [9.17, 15) is 27.2 Å². The van der Waals surface area contributed by atoms with Crippen molar-refractivity contribution in [2.75, 3.05) is 0 Å². The monoisotopic (exact) mass is 204 g/mol. The predicted molar refractivity (Wildman–Crippen MR) is 29.4 cm³/mol. The molecular formula is C4H4F4N2O3. The van der Waals surface area contributed by atoms with Gasteiger partial charge in [-0.05, 0) is 0 Å². The van der Waals surface area contributed by atoms with Gasteiger partial charge in [0.1, 0.15) is 0 Å². The smallest absolute Gasteiger partial charge is 0.362 e. The van der Waals surface area contributed by atoms with Crippen molar-refractivity contribution in [3.8, 4) is 0 Å². The van der Waals surface area contributed by atoms with Crippen LogP contribution >= 0.6 is 0 Å². The molecule has 0 bridgehead atoms. The van der Waals surface area contributed by atoms with Gasteiger partial charge in [-0.15, -0.1) is 0 Å². The third-order valence-corrected chi connectivity index (χ3v) is 0.830. The van der Waals surface area contributed by atoms with Crippen LogP contribution < -0.4 is 11.5 Å². The largest absolute Gasteiger partial charge is 0.441 e. The molecule has 0 fully saturated rings. The lowest BCUT2D eigenvalue weighted by atomic mass is 10.5. The second-order valence-corrected chi connectivity index (χ2v) is 1.86. The number of ether oxygens (including phenoxy) is 1. The van der Waals surface area contributed by atoms with E-state index in [1.165, 1.54) is 0 Å². The molecule has 0 atom stereocenters. The van der Waals surface area contributed by atoms with Crippen LogP contribution in [-0.4, -0.2) is 24.0 Å². The van der Waals surface area contributed by atoms with Gasteiger partial charge < -0.3 is 11.5 Å². The van der Waals surface area contributed by atoms with Gasteiger partial charge in [0.2, 0.25) is 0 Å². The van der Waals surface area contributed by atoms with E-state index >= 15 is 0 Å². The summed E-state index contributed by atoms with van der Waals surface area (Å²) in [6.07, 6.45) is -9.89. The highest BCUT2D eigenvalue weighted by Crippen LogP contribution is 2.26. The molecule has 0 aliphatic carbocycles. The lowest BCUT2D eigenvalue weighted by molar-refractivity contribution is -0.339. The molecule has 0 unspecified atom stereocenters. The highest BCUT2D eigenvalue weighted by Gasteiger charge is 2.52. The molecule has 0 aliphatic rings. The zero-order valence-corrected chi connectivity index (χ0v) is 5.89. The molecule has 0 spiro atoms. The molecule has 2 amide bonds. The first-order valence-corrected chi connectivity index (χ1v) is 2.65. The number of primary amides is 2. The van der Waals surface area contributed by atoms with Gasteiger partial charge in [0.15, 0.2) is 0 Å². The molecule has 0 heterocycles. The second-order valence-electron chi connectivity index (χ2n) is 1.86. The van der Waals surface area contributed by atoms with E-state index in [1.54, 1.807) is 0 Å². The highest BCUT2D eigenvalue weighted by atomic mass is 19.3. The van der Waals surface area contributed by atoms with E-state index in [1.807, 2.05) is 0 Å². The van der Waals surface area contributed by atoms with Gasteiger partial charge in [-0.2, -0.15) is 17.6 Å². The van der Waals surface area contributed by atoms with E-state index in [4.69, 9.17) is 0 Å². The van der Waals surface area contributed by atoms with Gasteiger partial charge in [0.25, 0.3) is 0 Å². The third-order valence-electron chi connectivity index (χ3n) is 0.830. The average Bonchev–Trinajstić information content (AvgIpc) is 1.83.